The maximum Gasteiger partial charge on any atom is 0.262 e. The van der Waals surface area contributed by atoms with Crippen molar-refractivity contribution in [1.82, 2.24) is 5.32 Å². The van der Waals surface area contributed by atoms with Gasteiger partial charge in [0.1, 0.15) is 35.6 Å². The number of ether oxygens (including phenoxy) is 2. The number of methoxy groups -OCH3 is 1. The minimum Gasteiger partial charge on any atom is -0.497 e. The van der Waals surface area contributed by atoms with Crippen LogP contribution >= 0.6 is 22.6 Å². The maximum absolute atomic E-state index is 13.8. The third-order valence-electron chi connectivity index (χ3n) is 4.59. The Bertz CT molecular complexity index is 1170. The molecule has 0 radical (unpaired) electrons. The van der Waals surface area contributed by atoms with Crippen LogP contribution < -0.4 is 14.8 Å². The summed E-state index contributed by atoms with van der Waals surface area (Å²) in [6.07, 6.45) is 1.52. The van der Waals surface area contributed by atoms with Gasteiger partial charge in [-0.05, 0) is 70.1 Å². The zero-order chi connectivity index (χ0) is 22.9. The van der Waals surface area contributed by atoms with Gasteiger partial charge in [0.25, 0.3) is 5.91 Å². The van der Waals surface area contributed by atoms with Crippen molar-refractivity contribution in [3.8, 4) is 17.6 Å². The third-order valence-corrected chi connectivity index (χ3v) is 5.43. The number of halogens is 2. The number of rotatable bonds is 8. The van der Waals surface area contributed by atoms with Gasteiger partial charge < -0.3 is 14.8 Å². The molecule has 7 heteroatoms. The van der Waals surface area contributed by atoms with Gasteiger partial charge in [0.2, 0.25) is 0 Å². The van der Waals surface area contributed by atoms with Crippen LogP contribution in [0.15, 0.2) is 72.3 Å². The molecule has 1 amide bonds. The van der Waals surface area contributed by atoms with Gasteiger partial charge in [-0.2, -0.15) is 5.26 Å². The van der Waals surface area contributed by atoms with Crippen molar-refractivity contribution in [2.24, 2.45) is 0 Å². The average molecular weight is 542 g/mol. The second kappa shape index (κ2) is 11.3. The summed E-state index contributed by atoms with van der Waals surface area (Å²) in [5.41, 5.74) is 2.04. The molecule has 32 heavy (non-hydrogen) atoms. The number of benzene rings is 3. The molecule has 0 aliphatic rings. The van der Waals surface area contributed by atoms with E-state index in [0.717, 1.165) is 14.9 Å². The second-order valence-corrected chi connectivity index (χ2v) is 7.93. The van der Waals surface area contributed by atoms with E-state index in [1.165, 1.54) is 12.1 Å². The highest BCUT2D eigenvalue weighted by atomic mass is 127. The fraction of sp³-hybridized carbons (Fsp3) is 0.120. The molecule has 0 aromatic heterocycles. The largest absolute Gasteiger partial charge is 0.497 e. The molecule has 1 N–H and O–H groups in total. The van der Waals surface area contributed by atoms with Crippen LogP contribution in [0.5, 0.6) is 11.5 Å². The van der Waals surface area contributed by atoms with Crippen LogP contribution in [0.4, 0.5) is 4.39 Å². The number of carbonyl (C=O) groups is 1. The lowest BCUT2D eigenvalue weighted by Crippen LogP contribution is -2.23. The molecule has 0 bridgehead atoms. The van der Waals surface area contributed by atoms with Gasteiger partial charge in [-0.15, -0.1) is 0 Å². The molecule has 0 heterocycles. The zero-order valence-corrected chi connectivity index (χ0v) is 19.4. The molecule has 3 aromatic rings. The van der Waals surface area contributed by atoms with Gasteiger partial charge in [0.05, 0.1) is 10.7 Å². The Morgan fingerprint density at radius 3 is 2.56 bits per heavy atom. The number of carbonyl (C=O) groups excluding carboxylic acids is 1. The highest BCUT2D eigenvalue weighted by Gasteiger charge is 2.10. The minimum atomic E-state index is -0.460. The van der Waals surface area contributed by atoms with Crippen molar-refractivity contribution in [2.75, 3.05) is 7.11 Å². The van der Waals surface area contributed by atoms with Crippen molar-refractivity contribution in [3.05, 3.63) is 98.4 Å². The van der Waals surface area contributed by atoms with E-state index >= 15 is 0 Å². The first-order valence-corrected chi connectivity index (χ1v) is 10.8. The van der Waals surface area contributed by atoms with Crippen LogP contribution in [0.2, 0.25) is 0 Å². The Kier molecular flexibility index (Phi) is 8.22. The van der Waals surface area contributed by atoms with Gasteiger partial charge in [0, 0.05) is 12.1 Å². The first-order chi connectivity index (χ1) is 15.5. The second-order valence-electron chi connectivity index (χ2n) is 6.77. The highest BCUT2D eigenvalue weighted by Crippen LogP contribution is 2.24. The number of hydrogen-bond acceptors (Lipinski definition) is 4. The quantitative estimate of drug-likeness (QED) is 0.240. The maximum atomic E-state index is 13.8. The Balaban J connectivity index is 1.64. The molecule has 3 aromatic carbocycles. The van der Waals surface area contributed by atoms with Crippen molar-refractivity contribution in [1.29, 1.82) is 5.26 Å². The lowest BCUT2D eigenvalue weighted by Gasteiger charge is -2.10. The van der Waals surface area contributed by atoms with Gasteiger partial charge in [0.15, 0.2) is 0 Å². The van der Waals surface area contributed by atoms with Gasteiger partial charge in [-0.25, -0.2) is 4.39 Å². The van der Waals surface area contributed by atoms with E-state index in [9.17, 15) is 14.4 Å². The van der Waals surface area contributed by atoms with E-state index in [0.29, 0.717) is 23.4 Å². The average Bonchev–Trinajstić information content (AvgIpc) is 2.81. The molecule has 162 valence electrons. The van der Waals surface area contributed by atoms with Gasteiger partial charge in [-0.3, -0.25) is 4.79 Å². The third kappa shape index (κ3) is 6.31. The number of nitrogens with zero attached hydrogens (tertiary/aromatic N) is 1. The van der Waals surface area contributed by atoms with E-state index < -0.39 is 5.91 Å². The predicted octanol–water partition coefficient (Wildman–Crippen LogP) is 5.24. The minimum absolute atomic E-state index is 0.00524. The van der Waals surface area contributed by atoms with Crippen molar-refractivity contribution >= 4 is 34.6 Å². The lowest BCUT2D eigenvalue weighted by atomic mass is 10.1. The van der Waals surface area contributed by atoms with Crippen LogP contribution in [-0.4, -0.2) is 13.0 Å². The molecule has 0 unspecified atom stereocenters. The summed E-state index contributed by atoms with van der Waals surface area (Å²) in [6.45, 7) is 0.400. The summed E-state index contributed by atoms with van der Waals surface area (Å²) in [5.74, 6) is 0.543. The summed E-state index contributed by atoms with van der Waals surface area (Å²) >= 11 is 2.10. The summed E-state index contributed by atoms with van der Waals surface area (Å²) < 4.78 is 25.4. The topological polar surface area (TPSA) is 71.3 Å². The number of nitrogens with one attached hydrogen (secondary N) is 1. The number of hydrogen-bond donors (Lipinski definition) is 1. The van der Waals surface area contributed by atoms with Crippen LogP contribution in [-0.2, 0) is 17.9 Å². The van der Waals surface area contributed by atoms with E-state index in [2.05, 4.69) is 27.9 Å². The summed E-state index contributed by atoms with van der Waals surface area (Å²) in [7, 11) is 1.59. The van der Waals surface area contributed by atoms with Crippen molar-refractivity contribution in [3.63, 3.8) is 0 Å². The summed E-state index contributed by atoms with van der Waals surface area (Å²) in [6, 6.07) is 21.0. The standard InChI is InChI=1S/C25H20FIN2O3/c1-31-21-9-6-17(7-10-21)15-29-25(30)20(14-28)12-18-8-11-24(23(27)13-18)32-16-19-4-2-3-5-22(19)26/h2-13H,15-16H2,1H3,(H,29,30)/b20-12-. The molecular formula is C25H20FIN2O3. The van der Waals surface area contributed by atoms with E-state index in [-0.39, 0.29) is 18.0 Å². The fourth-order valence-corrected chi connectivity index (χ4v) is 3.53. The first-order valence-electron chi connectivity index (χ1n) is 9.69. The van der Waals surface area contributed by atoms with E-state index in [1.54, 1.807) is 55.6 Å². The summed E-state index contributed by atoms with van der Waals surface area (Å²) in [5, 5.41) is 12.2. The van der Waals surface area contributed by atoms with Crippen molar-refractivity contribution < 1.29 is 18.7 Å². The smallest absolute Gasteiger partial charge is 0.262 e. The van der Waals surface area contributed by atoms with E-state index in [1.807, 2.05) is 18.2 Å². The molecule has 5 nitrogen and oxygen atoms in total. The van der Waals surface area contributed by atoms with Crippen molar-refractivity contribution in [2.45, 2.75) is 13.2 Å². The molecule has 0 atom stereocenters. The Labute approximate surface area is 199 Å². The van der Waals surface area contributed by atoms with Gasteiger partial charge in [-0.1, -0.05) is 36.4 Å². The first kappa shape index (κ1) is 23.3. The lowest BCUT2D eigenvalue weighted by molar-refractivity contribution is -0.117. The molecule has 0 spiro atoms. The van der Waals surface area contributed by atoms with Crippen LogP contribution in [0.1, 0.15) is 16.7 Å². The fourth-order valence-electron chi connectivity index (χ4n) is 2.83. The molecule has 0 fully saturated rings. The van der Waals surface area contributed by atoms with Crippen LogP contribution in [0.25, 0.3) is 6.08 Å². The van der Waals surface area contributed by atoms with Gasteiger partial charge >= 0.3 is 0 Å². The predicted molar refractivity (Wildman–Crippen MR) is 128 cm³/mol. The molecule has 0 saturated heterocycles. The Hall–Kier alpha value is -3.38. The molecule has 0 saturated carbocycles. The summed E-state index contributed by atoms with van der Waals surface area (Å²) in [4.78, 5) is 12.4. The Morgan fingerprint density at radius 2 is 1.91 bits per heavy atom. The molecule has 0 aliphatic heterocycles. The normalized spacial score (nSPS) is 10.9. The zero-order valence-electron chi connectivity index (χ0n) is 17.3. The van der Waals surface area contributed by atoms with Crippen LogP contribution in [0.3, 0.4) is 0 Å². The molecular weight excluding hydrogens is 522 g/mol. The highest BCUT2D eigenvalue weighted by molar-refractivity contribution is 14.1. The monoisotopic (exact) mass is 542 g/mol. The van der Waals surface area contributed by atoms with Crippen LogP contribution in [0, 0.1) is 20.7 Å². The number of amides is 1. The molecule has 3 rings (SSSR count). The molecule has 0 aliphatic carbocycles. The SMILES string of the molecule is COc1ccc(CNC(=O)/C(C#N)=C\c2ccc(OCc3ccccc3F)c(I)c2)cc1. The van der Waals surface area contributed by atoms with E-state index in [4.69, 9.17) is 9.47 Å². The number of nitriles is 1. The Morgan fingerprint density at radius 1 is 1.16 bits per heavy atom.